The van der Waals surface area contributed by atoms with Gasteiger partial charge in [-0.2, -0.15) is 0 Å². The number of nitrogens with zero attached hydrogens (tertiary/aromatic N) is 4. The molecule has 5 heteroatoms. The van der Waals surface area contributed by atoms with Crippen molar-refractivity contribution in [3.63, 3.8) is 0 Å². The number of rotatable bonds is 8. The number of nitrogens with one attached hydrogen (secondary N) is 1. The van der Waals surface area contributed by atoms with Crippen molar-refractivity contribution < 1.29 is 0 Å². The molecule has 1 heterocycles. The minimum absolute atomic E-state index is 0.687. The van der Waals surface area contributed by atoms with Gasteiger partial charge in [-0.1, -0.05) is 25.0 Å². The van der Waals surface area contributed by atoms with Crippen LogP contribution in [0.25, 0.3) is 10.9 Å². The molecule has 2 aromatic rings. The fourth-order valence-electron chi connectivity index (χ4n) is 3.63. The molecule has 1 aliphatic carbocycles. The molecule has 136 valence electrons. The second-order valence-electron chi connectivity index (χ2n) is 7.44. The predicted molar refractivity (Wildman–Crippen MR) is 105 cm³/mol. The standard InChI is InChI=1S/C20H31N5/c1-24(2)14-8-13-21-20-17-11-6-7-12-18(17)22-19(23-20)15-25(3)16-9-4-5-10-16/h6-7,11-12,16H,4-5,8-10,13-15H2,1-3H3,(H,21,22,23). The molecular weight excluding hydrogens is 310 g/mol. The molecule has 1 N–H and O–H groups in total. The van der Waals surface area contributed by atoms with Crippen molar-refractivity contribution in [3.8, 4) is 0 Å². The highest BCUT2D eigenvalue weighted by atomic mass is 15.2. The summed E-state index contributed by atoms with van der Waals surface area (Å²) in [4.78, 5) is 14.3. The lowest BCUT2D eigenvalue weighted by atomic mass is 10.2. The monoisotopic (exact) mass is 341 g/mol. The summed E-state index contributed by atoms with van der Waals surface area (Å²) >= 11 is 0. The molecule has 5 nitrogen and oxygen atoms in total. The van der Waals surface area contributed by atoms with Gasteiger partial charge in [-0.3, -0.25) is 4.90 Å². The summed E-state index contributed by atoms with van der Waals surface area (Å²) in [5, 5.41) is 4.64. The van der Waals surface area contributed by atoms with Crippen LogP contribution in [-0.4, -0.2) is 60.0 Å². The van der Waals surface area contributed by atoms with Gasteiger partial charge < -0.3 is 10.2 Å². The van der Waals surface area contributed by atoms with Gasteiger partial charge in [-0.25, -0.2) is 9.97 Å². The number of para-hydroxylation sites is 1. The van der Waals surface area contributed by atoms with Crippen molar-refractivity contribution in [2.45, 2.75) is 44.7 Å². The first-order chi connectivity index (χ1) is 12.1. The van der Waals surface area contributed by atoms with E-state index < -0.39 is 0 Å². The number of benzene rings is 1. The van der Waals surface area contributed by atoms with Crippen LogP contribution in [0.4, 0.5) is 5.82 Å². The minimum atomic E-state index is 0.687. The Hall–Kier alpha value is -1.72. The molecule has 0 amide bonds. The van der Waals surface area contributed by atoms with E-state index in [0.717, 1.165) is 48.6 Å². The largest absolute Gasteiger partial charge is 0.369 e. The molecule has 25 heavy (non-hydrogen) atoms. The molecule has 0 aliphatic heterocycles. The topological polar surface area (TPSA) is 44.3 Å². The van der Waals surface area contributed by atoms with Crippen molar-refractivity contribution in [1.29, 1.82) is 0 Å². The van der Waals surface area contributed by atoms with E-state index in [1.165, 1.54) is 25.7 Å². The summed E-state index contributed by atoms with van der Waals surface area (Å²) in [5.41, 5.74) is 1.03. The summed E-state index contributed by atoms with van der Waals surface area (Å²) in [6, 6.07) is 8.98. The van der Waals surface area contributed by atoms with Crippen LogP contribution in [0.3, 0.4) is 0 Å². The van der Waals surface area contributed by atoms with Gasteiger partial charge in [0, 0.05) is 18.0 Å². The van der Waals surface area contributed by atoms with Crippen LogP contribution in [0.5, 0.6) is 0 Å². The average molecular weight is 342 g/mol. The highest BCUT2D eigenvalue weighted by molar-refractivity contribution is 5.88. The van der Waals surface area contributed by atoms with Crippen LogP contribution in [0.1, 0.15) is 37.9 Å². The lowest BCUT2D eigenvalue weighted by Crippen LogP contribution is -2.29. The first kappa shape index (κ1) is 18.1. The third kappa shape index (κ3) is 4.89. The fraction of sp³-hybridized carbons (Fsp3) is 0.600. The zero-order chi connectivity index (χ0) is 17.6. The molecule has 0 bridgehead atoms. The first-order valence-corrected chi connectivity index (χ1v) is 9.48. The van der Waals surface area contributed by atoms with Gasteiger partial charge in [0.15, 0.2) is 0 Å². The van der Waals surface area contributed by atoms with E-state index in [0.29, 0.717) is 6.04 Å². The smallest absolute Gasteiger partial charge is 0.145 e. The van der Waals surface area contributed by atoms with Gasteiger partial charge in [0.25, 0.3) is 0 Å². The summed E-state index contributed by atoms with van der Waals surface area (Å²) in [6.45, 7) is 2.83. The highest BCUT2D eigenvalue weighted by Crippen LogP contribution is 2.25. The number of fused-ring (bicyclic) bond motifs is 1. The molecule has 1 aliphatic rings. The number of hydrogen-bond donors (Lipinski definition) is 1. The summed E-state index contributed by atoms with van der Waals surface area (Å²) < 4.78 is 0. The van der Waals surface area contributed by atoms with Gasteiger partial charge in [0.05, 0.1) is 12.1 Å². The van der Waals surface area contributed by atoms with E-state index in [4.69, 9.17) is 9.97 Å². The number of anilines is 1. The molecule has 1 aromatic heterocycles. The first-order valence-electron chi connectivity index (χ1n) is 9.48. The van der Waals surface area contributed by atoms with Gasteiger partial charge in [0.1, 0.15) is 11.6 Å². The predicted octanol–water partition coefficient (Wildman–Crippen LogP) is 3.37. The zero-order valence-corrected chi connectivity index (χ0v) is 15.8. The van der Waals surface area contributed by atoms with E-state index in [-0.39, 0.29) is 0 Å². The van der Waals surface area contributed by atoms with Crippen LogP contribution in [-0.2, 0) is 6.54 Å². The Balaban J connectivity index is 1.74. The third-order valence-corrected chi connectivity index (χ3v) is 5.06. The van der Waals surface area contributed by atoms with Crippen molar-refractivity contribution in [2.75, 3.05) is 39.5 Å². The van der Waals surface area contributed by atoms with E-state index >= 15 is 0 Å². The maximum absolute atomic E-state index is 4.85. The molecule has 3 rings (SSSR count). The maximum Gasteiger partial charge on any atom is 0.145 e. The minimum Gasteiger partial charge on any atom is -0.369 e. The molecule has 0 saturated heterocycles. The van der Waals surface area contributed by atoms with Crippen molar-refractivity contribution in [2.24, 2.45) is 0 Å². The second-order valence-corrected chi connectivity index (χ2v) is 7.44. The molecule has 0 radical (unpaired) electrons. The number of aromatic nitrogens is 2. The van der Waals surface area contributed by atoms with Crippen LogP contribution in [0, 0.1) is 0 Å². The molecular formula is C20H31N5. The Morgan fingerprint density at radius 2 is 1.84 bits per heavy atom. The Morgan fingerprint density at radius 3 is 2.60 bits per heavy atom. The average Bonchev–Trinajstić information content (AvgIpc) is 3.13. The summed E-state index contributed by atoms with van der Waals surface area (Å²) in [6.07, 6.45) is 6.42. The Morgan fingerprint density at radius 1 is 1.08 bits per heavy atom. The van der Waals surface area contributed by atoms with E-state index in [9.17, 15) is 0 Å². The van der Waals surface area contributed by atoms with Crippen molar-refractivity contribution in [3.05, 3.63) is 30.1 Å². The van der Waals surface area contributed by atoms with Crippen molar-refractivity contribution >= 4 is 16.7 Å². The van der Waals surface area contributed by atoms with Gasteiger partial charge in [0.2, 0.25) is 0 Å². The molecule has 1 fully saturated rings. The maximum atomic E-state index is 4.85. The summed E-state index contributed by atoms with van der Waals surface area (Å²) in [7, 11) is 6.42. The lowest BCUT2D eigenvalue weighted by Gasteiger charge is -2.23. The molecule has 0 spiro atoms. The summed E-state index contributed by atoms with van der Waals surface area (Å²) in [5.74, 6) is 1.89. The Labute approximate surface area is 151 Å². The van der Waals surface area contributed by atoms with Gasteiger partial charge in [-0.05, 0) is 59.1 Å². The van der Waals surface area contributed by atoms with Crippen LogP contribution in [0.15, 0.2) is 24.3 Å². The van der Waals surface area contributed by atoms with Crippen LogP contribution < -0.4 is 5.32 Å². The lowest BCUT2D eigenvalue weighted by molar-refractivity contribution is 0.232. The van der Waals surface area contributed by atoms with Gasteiger partial charge in [-0.15, -0.1) is 0 Å². The molecule has 0 atom stereocenters. The van der Waals surface area contributed by atoms with E-state index in [2.05, 4.69) is 60.5 Å². The quantitative estimate of drug-likeness (QED) is 0.746. The van der Waals surface area contributed by atoms with Gasteiger partial charge >= 0.3 is 0 Å². The highest BCUT2D eigenvalue weighted by Gasteiger charge is 2.20. The SMILES string of the molecule is CN(C)CCCNc1nc(CN(C)C2CCCC2)nc2ccccc12. The normalized spacial score (nSPS) is 15.6. The second kappa shape index (κ2) is 8.59. The van der Waals surface area contributed by atoms with E-state index in [1.807, 2.05) is 0 Å². The van der Waals surface area contributed by atoms with E-state index in [1.54, 1.807) is 0 Å². The number of hydrogen-bond acceptors (Lipinski definition) is 5. The zero-order valence-electron chi connectivity index (χ0n) is 15.8. The fourth-order valence-corrected chi connectivity index (χ4v) is 3.63. The molecule has 0 unspecified atom stereocenters. The Bertz CT molecular complexity index is 679. The van der Waals surface area contributed by atoms with Crippen LogP contribution >= 0.6 is 0 Å². The Kier molecular flexibility index (Phi) is 6.21. The third-order valence-electron chi connectivity index (χ3n) is 5.06. The molecule has 1 aromatic carbocycles. The molecule has 1 saturated carbocycles. The van der Waals surface area contributed by atoms with Crippen molar-refractivity contribution in [1.82, 2.24) is 19.8 Å². The van der Waals surface area contributed by atoms with Crippen LogP contribution in [0.2, 0.25) is 0 Å².